The summed E-state index contributed by atoms with van der Waals surface area (Å²) in [6, 6.07) is 21.7. The van der Waals surface area contributed by atoms with Crippen molar-refractivity contribution in [1.82, 2.24) is 0 Å². The molecule has 0 unspecified atom stereocenters. The van der Waals surface area contributed by atoms with Crippen molar-refractivity contribution in [3.63, 3.8) is 0 Å². The number of benzene rings is 3. The second-order valence-corrected chi connectivity index (χ2v) is 5.65. The first-order valence-electron chi connectivity index (χ1n) is 8.05. The van der Waals surface area contributed by atoms with Gasteiger partial charge in [-0.25, -0.2) is 9.59 Å². The SMILES string of the molecule is O=C(O)C(=O)N(c1ccccc1C(=O)O)c1ccccc1-c1ccccc1. The Hall–Kier alpha value is -3.93. The summed E-state index contributed by atoms with van der Waals surface area (Å²) >= 11 is 0. The third kappa shape index (κ3) is 3.55. The molecule has 0 atom stereocenters. The van der Waals surface area contributed by atoms with Crippen LogP contribution in [0.25, 0.3) is 11.1 Å². The van der Waals surface area contributed by atoms with Crippen LogP contribution in [0.5, 0.6) is 0 Å². The van der Waals surface area contributed by atoms with Gasteiger partial charge in [0.2, 0.25) is 0 Å². The van der Waals surface area contributed by atoms with Crippen molar-refractivity contribution in [3.05, 3.63) is 84.4 Å². The summed E-state index contributed by atoms with van der Waals surface area (Å²) in [6.07, 6.45) is 0. The number of para-hydroxylation sites is 2. The summed E-state index contributed by atoms with van der Waals surface area (Å²) < 4.78 is 0. The Morgan fingerprint density at radius 3 is 1.85 bits per heavy atom. The number of nitrogens with zero attached hydrogens (tertiary/aromatic N) is 1. The fourth-order valence-corrected chi connectivity index (χ4v) is 2.82. The van der Waals surface area contributed by atoms with Gasteiger partial charge in [0.05, 0.1) is 16.9 Å². The number of carbonyl (C=O) groups excluding carboxylic acids is 1. The molecule has 6 heteroatoms. The summed E-state index contributed by atoms with van der Waals surface area (Å²) in [7, 11) is 0. The van der Waals surface area contributed by atoms with E-state index in [1.165, 1.54) is 18.2 Å². The van der Waals surface area contributed by atoms with Crippen molar-refractivity contribution in [2.75, 3.05) is 4.90 Å². The minimum absolute atomic E-state index is 0.0132. The van der Waals surface area contributed by atoms with E-state index in [1.54, 1.807) is 30.3 Å². The molecule has 0 fully saturated rings. The van der Waals surface area contributed by atoms with Gasteiger partial charge in [-0.05, 0) is 23.8 Å². The zero-order valence-electron chi connectivity index (χ0n) is 14.1. The Bertz CT molecular complexity index is 1010. The Kier molecular flexibility index (Phi) is 4.99. The highest BCUT2D eigenvalue weighted by Gasteiger charge is 2.29. The van der Waals surface area contributed by atoms with Gasteiger partial charge in [-0.2, -0.15) is 0 Å². The van der Waals surface area contributed by atoms with E-state index in [0.29, 0.717) is 5.56 Å². The summed E-state index contributed by atoms with van der Waals surface area (Å²) in [6.45, 7) is 0. The lowest BCUT2D eigenvalue weighted by molar-refractivity contribution is -0.148. The van der Waals surface area contributed by atoms with Crippen LogP contribution < -0.4 is 4.90 Å². The summed E-state index contributed by atoms with van der Waals surface area (Å²) in [4.78, 5) is 36.6. The molecule has 0 bridgehead atoms. The van der Waals surface area contributed by atoms with Crippen molar-refractivity contribution < 1.29 is 24.6 Å². The third-order valence-corrected chi connectivity index (χ3v) is 3.99. The average Bonchev–Trinajstić information content (AvgIpc) is 2.69. The minimum Gasteiger partial charge on any atom is -0.478 e. The van der Waals surface area contributed by atoms with Crippen molar-refractivity contribution in [2.24, 2.45) is 0 Å². The van der Waals surface area contributed by atoms with Gasteiger partial charge in [-0.3, -0.25) is 9.69 Å². The van der Waals surface area contributed by atoms with Crippen LogP contribution in [0.1, 0.15) is 10.4 Å². The summed E-state index contributed by atoms with van der Waals surface area (Å²) in [5, 5.41) is 18.8. The molecule has 3 aromatic rings. The van der Waals surface area contributed by atoms with Crippen LogP contribution >= 0.6 is 0 Å². The van der Waals surface area contributed by atoms with Crippen molar-refractivity contribution >= 4 is 29.2 Å². The molecule has 3 aromatic carbocycles. The molecule has 0 spiro atoms. The van der Waals surface area contributed by atoms with E-state index >= 15 is 0 Å². The predicted molar refractivity (Wildman–Crippen MR) is 100 cm³/mol. The van der Waals surface area contributed by atoms with Gasteiger partial charge in [-0.1, -0.05) is 60.7 Å². The van der Waals surface area contributed by atoms with Crippen LogP contribution in [0.4, 0.5) is 11.4 Å². The monoisotopic (exact) mass is 361 g/mol. The molecule has 2 N–H and O–H groups in total. The number of aromatic carboxylic acids is 1. The van der Waals surface area contributed by atoms with E-state index in [1.807, 2.05) is 30.3 Å². The van der Waals surface area contributed by atoms with Crippen LogP contribution in [0.2, 0.25) is 0 Å². The third-order valence-electron chi connectivity index (χ3n) is 3.99. The highest BCUT2D eigenvalue weighted by atomic mass is 16.4. The van der Waals surface area contributed by atoms with Crippen LogP contribution in [0.15, 0.2) is 78.9 Å². The zero-order chi connectivity index (χ0) is 19.4. The maximum atomic E-state index is 12.5. The second-order valence-electron chi connectivity index (χ2n) is 5.65. The Morgan fingerprint density at radius 2 is 1.22 bits per heavy atom. The highest BCUT2D eigenvalue weighted by molar-refractivity contribution is 6.40. The lowest BCUT2D eigenvalue weighted by Crippen LogP contribution is -2.34. The lowest BCUT2D eigenvalue weighted by Gasteiger charge is -2.25. The number of hydrogen-bond acceptors (Lipinski definition) is 3. The molecule has 0 radical (unpaired) electrons. The second kappa shape index (κ2) is 7.53. The summed E-state index contributed by atoms with van der Waals surface area (Å²) in [5.41, 5.74) is 1.47. The van der Waals surface area contributed by atoms with E-state index in [2.05, 4.69) is 0 Å². The van der Waals surface area contributed by atoms with Gasteiger partial charge in [0.25, 0.3) is 0 Å². The Labute approximate surface area is 154 Å². The molecule has 0 saturated heterocycles. The maximum absolute atomic E-state index is 12.5. The number of aliphatic carboxylic acids is 1. The van der Waals surface area contributed by atoms with Gasteiger partial charge < -0.3 is 10.2 Å². The molecule has 0 saturated carbocycles. The first-order valence-corrected chi connectivity index (χ1v) is 8.05. The largest absolute Gasteiger partial charge is 0.478 e. The molecule has 1 amide bonds. The molecule has 3 rings (SSSR count). The van der Waals surface area contributed by atoms with E-state index < -0.39 is 17.8 Å². The van der Waals surface area contributed by atoms with Crippen LogP contribution in [0, 0.1) is 0 Å². The first kappa shape index (κ1) is 17.9. The van der Waals surface area contributed by atoms with E-state index in [-0.39, 0.29) is 16.9 Å². The van der Waals surface area contributed by atoms with E-state index in [9.17, 15) is 24.6 Å². The number of carbonyl (C=O) groups is 3. The van der Waals surface area contributed by atoms with E-state index in [0.717, 1.165) is 10.5 Å². The van der Waals surface area contributed by atoms with Crippen LogP contribution in [-0.4, -0.2) is 28.1 Å². The maximum Gasteiger partial charge on any atom is 0.395 e. The highest BCUT2D eigenvalue weighted by Crippen LogP contribution is 2.36. The smallest absolute Gasteiger partial charge is 0.395 e. The number of anilines is 2. The Balaban J connectivity index is 2.28. The molecule has 0 aliphatic rings. The number of carboxylic acids is 2. The molecule has 6 nitrogen and oxygen atoms in total. The minimum atomic E-state index is -1.68. The molecular formula is C21H15NO5. The van der Waals surface area contributed by atoms with Gasteiger partial charge in [0, 0.05) is 5.56 Å². The van der Waals surface area contributed by atoms with Crippen molar-refractivity contribution in [1.29, 1.82) is 0 Å². The fourth-order valence-electron chi connectivity index (χ4n) is 2.82. The molecule has 0 aromatic heterocycles. The number of rotatable bonds is 4. The van der Waals surface area contributed by atoms with E-state index in [4.69, 9.17) is 0 Å². The molecular weight excluding hydrogens is 346 g/mol. The summed E-state index contributed by atoms with van der Waals surface area (Å²) in [5.74, 6) is -4.18. The normalized spacial score (nSPS) is 10.2. The van der Waals surface area contributed by atoms with Gasteiger partial charge in [0.1, 0.15) is 0 Å². The van der Waals surface area contributed by atoms with Crippen molar-refractivity contribution in [2.45, 2.75) is 0 Å². The molecule has 27 heavy (non-hydrogen) atoms. The Morgan fingerprint density at radius 1 is 0.667 bits per heavy atom. The number of carboxylic acid groups (broad SMARTS) is 2. The first-order chi connectivity index (χ1) is 13.0. The number of hydrogen-bond donors (Lipinski definition) is 2. The quantitative estimate of drug-likeness (QED) is 0.689. The zero-order valence-corrected chi connectivity index (χ0v) is 14.1. The van der Waals surface area contributed by atoms with Crippen LogP contribution in [0.3, 0.4) is 0 Å². The number of amides is 1. The molecule has 0 aliphatic carbocycles. The lowest BCUT2D eigenvalue weighted by atomic mass is 10.0. The van der Waals surface area contributed by atoms with Crippen molar-refractivity contribution in [3.8, 4) is 11.1 Å². The van der Waals surface area contributed by atoms with Gasteiger partial charge >= 0.3 is 17.8 Å². The predicted octanol–water partition coefficient (Wildman–Crippen LogP) is 3.80. The molecule has 134 valence electrons. The topological polar surface area (TPSA) is 94.9 Å². The molecule has 0 heterocycles. The van der Waals surface area contributed by atoms with Gasteiger partial charge in [0.15, 0.2) is 0 Å². The molecule has 0 aliphatic heterocycles. The average molecular weight is 361 g/mol. The fraction of sp³-hybridized carbons (Fsp3) is 0. The van der Waals surface area contributed by atoms with Crippen LogP contribution in [-0.2, 0) is 9.59 Å². The standard InChI is InChI=1S/C21H15NO5/c23-19(21(26)27)22(18-13-7-5-11-16(18)20(24)25)17-12-6-4-10-15(17)14-8-2-1-3-9-14/h1-13H,(H,24,25)(H,26,27). The van der Waals surface area contributed by atoms with Gasteiger partial charge in [-0.15, -0.1) is 0 Å².